The lowest BCUT2D eigenvalue weighted by atomic mass is 9.96. The fourth-order valence-electron chi connectivity index (χ4n) is 2.51. The molecule has 0 spiro atoms. The van der Waals surface area contributed by atoms with E-state index < -0.39 is 0 Å². The molecule has 0 bridgehead atoms. The van der Waals surface area contributed by atoms with E-state index in [-0.39, 0.29) is 0 Å². The van der Waals surface area contributed by atoms with Crippen LogP contribution < -0.4 is 9.64 Å². The van der Waals surface area contributed by atoms with Crippen molar-refractivity contribution in [2.45, 2.75) is 39.7 Å². The number of aryl methyl sites for hydroxylation is 1. The maximum atomic E-state index is 5.30. The number of nitrogens with zero attached hydrogens (tertiary/aromatic N) is 1. The highest BCUT2D eigenvalue weighted by atomic mass is 16.5. The molecule has 0 amide bonds. The summed E-state index contributed by atoms with van der Waals surface area (Å²) >= 11 is 0. The van der Waals surface area contributed by atoms with Gasteiger partial charge in [0.2, 0.25) is 0 Å². The van der Waals surface area contributed by atoms with Crippen LogP contribution >= 0.6 is 0 Å². The highest BCUT2D eigenvalue weighted by molar-refractivity contribution is 5.58. The molecule has 1 unspecified atom stereocenters. The van der Waals surface area contributed by atoms with Gasteiger partial charge in [0.1, 0.15) is 5.75 Å². The smallest absolute Gasteiger partial charge is 0.119 e. The second-order valence-electron chi connectivity index (χ2n) is 5.28. The number of hydrogen-bond donors (Lipinski definition) is 0. The van der Waals surface area contributed by atoms with Crippen molar-refractivity contribution in [1.82, 2.24) is 0 Å². The molecular weight excluding hydrogens is 210 g/mol. The molecule has 0 saturated carbocycles. The number of fused-ring (bicyclic) bond motifs is 1. The fraction of sp³-hybridized carbons (Fsp3) is 0.600. The van der Waals surface area contributed by atoms with Gasteiger partial charge in [-0.15, -0.1) is 0 Å². The van der Waals surface area contributed by atoms with Gasteiger partial charge in [0.05, 0.1) is 7.11 Å². The largest absolute Gasteiger partial charge is 0.497 e. The highest BCUT2D eigenvalue weighted by Crippen LogP contribution is 2.32. The molecule has 0 fully saturated rings. The van der Waals surface area contributed by atoms with Crippen molar-refractivity contribution in [2.24, 2.45) is 5.92 Å². The Labute approximate surface area is 105 Å². The maximum absolute atomic E-state index is 5.30. The van der Waals surface area contributed by atoms with Gasteiger partial charge in [0.15, 0.2) is 0 Å². The summed E-state index contributed by atoms with van der Waals surface area (Å²) in [7, 11) is 1.74. The van der Waals surface area contributed by atoms with E-state index in [0.29, 0.717) is 12.0 Å². The zero-order valence-corrected chi connectivity index (χ0v) is 11.4. The zero-order valence-electron chi connectivity index (χ0n) is 11.4. The first-order valence-electron chi connectivity index (χ1n) is 6.57. The van der Waals surface area contributed by atoms with E-state index in [2.05, 4.69) is 43.9 Å². The van der Waals surface area contributed by atoms with Crippen LogP contribution in [-0.4, -0.2) is 19.7 Å². The minimum atomic E-state index is 0.599. The SMILES string of the molecule is COc1ccc2c(c1)CCCN2C(C)C(C)C. The zero-order chi connectivity index (χ0) is 12.4. The molecule has 1 aromatic rings. The summed E-state index contributed by atoms with van der Waals surface area (Å²) in [5, 5.41) is 0. The minimum absolute atomic E-state index is 0.599. The molecule has 94 valence electrons. The van der Waals surface area contributed by atoms with Crippen molar-refractivity contribution in [3.05, 3.63) is 23.8 Å². The molecule has 1 heterocycles. The molecule has 0 N–H and O–H groups in total. The lowest BCUT2D eigenvalue weighted by Crippen LogP contribution is -2.40. The molecule has 0 saturated heterocycles. The molecule has 0 aromatic heterocycles. The predicted molar refractivity (Wildman–Crippen MR) is 73.0 cm³/mol. The average molecular weight is 233 g/mol. The normalized spacial score (nSPS) is 16.9. The summed E-state index contributed by atoms with van der Waals surface area (Å²) in [6, 6.07) is 7.08. The van der Waals surface area contributed by atoms with E-state index in [1.54, 1.807) is 7.11 Å². The first kappa shape index (κ1) is 12.3. The van der Waals surface area contributed by atoms with Crippen molar-refractivity contribution in [3.8, 4) is 5.75 Å². The number of anilines is 1. The number of benzene rings is 1. The molecule has 0 radical (unpaired) electrons. The first-order valence-corrected chi connectivity index (χ1v) is 6.57. The van der Waals surface area contributed by atoms with Crippen LogP contribution in [0.4, 0.5) is 5.69 Å². The van der Waals surface area contributed by atoms with E-state index in [1.807, 2.05) is 0 Å². The number of hydrogen-bond acceptors (Lipinski definition) is 2. The van der Waals surface area contributed by atoms with E-state index in [9.17, 15) is 0 Å². The Balaban J connectivity index is 2.31. The third-order valence-electron chi connectivity index (χ3n) is 3.90. The summed E-state index contributed by atoms with van der Waals surface area (Å²) < 4.78 is 5.30. The van der Waals surface area contributed by atoms with Crippen LogP contribution in [0, 0.1) is 5.92 Å². The van der Waals surface area contributed by atoms with Gasteiger partial charge in [0.25, 0.3) is 0 Å². The van der Waals surface area contributed by atoms with Crippen LogP contribution in [0.5, 0.6) is 5.75 Å². The summed E-state index contributed by atoms with van der Waals surface area (Å²) in [5.74, 6) is 1.66. The Morgan fingerprint density at radius 1 is 1.24 bits per heavy atom. The highest BCUT2D eigenvalue weighted by Gasteiger charge is 2.23. The quantitative estimate of drug-likeness (QED) is 0.792. The molecule has 1 atom stereocenters. The van der Waals surface area contributed by atoms with Gasteiger partial charge in [-0.25, -0.2) is 0 Å². The Kier molecular flexibility index (Phi) is 3.60. The Morgan fingerprint density at radius 2 is 2.00 bits per heavy atom. The molecule has 17 heavy (non-hydrogen) atoms. The number of rotatable bonds is 3. The van der Waals surface area contributed by atoms with Crippen LogP contribution in [0.15, 0.2) is 18.2 Å². The number of ether oxygens (including phenoxy) is 1. The Hall–Kier alpha value is -1.18. The molecule has 2 nitrogen and oxygen atoms in total. The molecule has 1 aliphatic heterocycles. The predicted octanol–water partition coefficient (Wildman–Crippen LogP) is 3.49. The molecule has 2 rings (SSSR count). The van der Waals surface area contributed by atoms with E-state index >= 15 is 0 Å². The van der Waals surface area contributed by atoms with Crippen molar-refractivity contribution in [2.75, 3.05) is 18.6 Å². The van der Waals surface area contributed by atoms with Crippen molar-refractivity contribution in [1.29, 1.82) is 0 Å². The fourth-order valence-corrected chi connectivity index (χ4v) is 2.51. The van der Waals surface area contributed by atoms with Crippen molar-refractivity contribution >= 4 is 5.69 Å². The van der Waals surface area contributed by atoms with E-state index in [0.717, 1.165) is 5.75 Å². The van der Waals surface area contributed by atoms with Gasteiger partial charge in [-0.1, -0.05) is 13.8 Å². The topological polar surface area (TPSA) is 12.5 Å². The summed E-state index contributed by atoms with van der Waals surface area (Å²) in [5.41, 5.74) is 2.83. The molecule has 1 aliphatic rings. The number of methoxy groups -OCH3 is 1. The summed E-state index contributed by atoms with van der Waals surface area (Å²) in [4.78, 5) is 2.54. The summed E-state index contributed by atoms with van der Waals surface area (Å²) in [6.45, 7) is 8.09. The van der Waals surface area contributed by atoms with Gasteiger partial charge in [-0.2, -0.15) is 0 Å². The standard InChI is InChI=1S/C15H23NO/c1-11(2)12(3)16-9-5-6-13-10-14(17-4)7-8-15(13)16/h7-8,10-12H,5-6,9H2,1-4H3. The van der Waals surface area contributed by atoms with Gasteiger partial charge in [-0.3, -0.25) is 0 Å². The third-order valence-corrected chi connectivity index (χ3v) is 3.90. The molecular formula is C15H23NO. The van der Waals surface area contributed by atoms with Gasteiger partial charge in [0, 0.05) is 18.3 Å². The van der Waals surface area contributed by atoms with Crippen LogP contribution in [0.1, 0.15) is 32.8 Å². The van der Waals surface area contributed by atoms with Crippen LogP contribution in [0.2, 0.25) is 0 Å². The Morgan fingerprint density at radius 3 is 2.65 bits per heavy atom. The van der Waals surface area contributed by atoms with E-state index in [4.69, 9.17) is 4.74 Å². The van der Waals surface area contributed by atoms with Crippen LogP contribution in [-0.2, 0) is 6.42 Å². The second-order valence-corrected chi connectivity index (χ2v) is 5.28. The van der Waals surface area contributed by atoms with Gasteiger partial charge >= 0.3 is 0 Å². The van der Waals surface area contributed by atoms with E-state index in [1.165, 1.54) is 30.6 Å². The Bertz CT molecular complexity index is 387. The van der Waals surface area contributed by atoms with Crippen molar-refractivity contribution in [3.63, 3.8) is 0 Å². The maximum Gasteiger partial charge on any atom is 0.119 e. The van der Waals surface area contributed by atoms with Crippen LogP contribution in [0.3, 0.4) is 0 Å². The van der Waals surface area contributed by atoms with Gasteiger partial charge < -0.3 is 9.64 Å². The first-order chi connectivity index (χ1) is 8.13. The minimum Gasteiger partial charge on any atom is -0.497 e. The molecule has 2 heteroatoms. The lowest BCUT2D eigenvalue weighted by Gasteiger charge is -2.38. The lowest BCUT2D eigenvalue weighted by molar-refractivity contribution is 0.413. The second kappa shape index (κ2) is 4.99. The summed E-state index contributed by atoms with van der Waals surface area (Å²) in [6.07, 6.45) is 2.42. The van der Waals surface area contributed by atoms with Crippen molar-refractivity contribution < 1.29 is 4.74 Å². The van der Waals surface area contributed by atoms with Gasteiger partial charge in [-0.05, 0) is 49.4 Å². The average Bonchev–Trinajstić information content (AvgIpc) is 2.36. The molecule has 0 aliphatic carbocycles. The third kappa shape index (κ3) is 2.41. The molecule has 1 aromatic carbocycles. The monoisotopic (exact) mass is 233 g/mol. The van der Waals surface area contributed by atoms with Crippen LogP contribution in [0.25, 0.3) is 0 Å².